The molecular formula is C21H21N3O3S. The Morgan fingerprint density at radius 3 is 2.82 bits per heavy atom. The maximum atomic E-state index is 12.9. The van der Waals surface area contributed by atoms with Gasteiger partial charge in [0.25, 0.3) is 5.91 Å². The number of ether oxygens (including phenoxy) is 2. The molecule has 0 fully saturated rings. The van der Waals surface area contributed by atoms with Gasteiger partial charge in [0.2, 0.25) is 6.79 Å². The monoisotopic (exact) mass is 395 g/mol. The molecule has 0 unspecified atom stereocenters. The summed E-state index contributed by atoms with van der Waals surface area (Å²) in [4.78, 5) is 19.2. The lowest BCUT2D eigenvalue weighted by atomic mass is 9.88. The zero-order chi connectivity index (χ0) is 19.3. The quantitative estimate of drug-likeness (QED) is 0.690. The van der Waals surface area contributed by atoms with Crippen molar-refractivity contribution in [1.29, 1.82) is 0 Å². The lowest BCUT2D eigenvalue weighted by Crippen LogP contribution is -2.12. The number of fused-ring (bicyclic) bond motifs is 4. The van der Waals surface area contributed by atoms with Crippen LogP contribution in [0.25, 0.3) is 10.2 Å². The molecule has 1 aromatic carbocycles. The van der Waals surface area contributed by atoms with Crippen LogP contribution in [0.3, 0.4) is 0 Å². The Labute approximate surface area is 166 Å². The number of aromatic nitrogens is 1. The van der Waals surface area contributed by atoms with Crippen LogP contribution in [0.5, 0.6) is 11.5 Å². The van der Waals surface area contributed by atoms with Gasteiger partial charge in [-0.1, -0.05) is 6.92 Å². The summed E-state index contributed by atoms with van der Waals surface area (Å²) in [6.45, 7) is 2.33. The van der Waals surface area contributed by atoms with Crippen LogP contribution in [0.15, 0.2) is 18.2 Å². The highest BCUT2D eigenvalue weighted by Gasteiger charge is 2.25. The van der Waals surface area contributed by atoms with Crippen LogP contribution in [-0.2, 0) is 19.3 Å². The number of hydrogen-bond donors (Lipinski definition) is 2. The Bertz CT molecular complexity index is 1110. The highest BCUT2D eigenvalue weighted by atomic mass is 32.1. The number of rotatable bonds is 3. The van der Waals surface area contributed by atoms with Gasteiger partial charge >= 0.3 is 0 Å². The van der Waals surface area contributed by atoms with Crippen LogP contribution in [0.1, 0.15) is 46.3 Å². The van der Waals surface area contributed by atoms with Crippen molar-refractivity contribution >= 4 is 38.8 Å². The normalized spacial score (nSPS) is 14.9. The third-order valence-corrected chi connectivity index (χ3v) is 6.55. The van der Waals surface area contributed by atoms with E-state index in [4.69, 9.17) is 20.2 Å². The molecule has 2 aliphatic rings. The molecule has 3 heterocycles. The molecule has 0 bridgehead atoms. The average Bonchev–Trinajstić information content (AvgIpc) is 3.31. The van der Waals surface area contributed by atoms with Crippen LogP contribution in [-0.4, -0.2) is 17.7 Å². The van der Waals surface area contributed by atoms with Crippen molar-refractivity contribution < 1.29 is 14.3 Å². The largest absolute Gasteiger partial charge is 0.454 e. The predicted octanol–water partition coefficient (Wildman–Crippen LogP) is 4.30. The second-order valence-corrected chi connectivity index (χ2v) is 8.12. The van der Waals surface area contributed by atoms with Crippen molar-refractivity contribution in [3.63, 3.8) is 0 Å². The molecular weight excluding hydrogens is 374 g/mol. The van der Waals surface area contributed by atoms with E-state index in [1.54, 1.807) is 18.2 Å². The van der Waals surface area contributed by atoms with Gasteiger partial charge in [-0.15, -0.1) is 11.3 Å². The summed E-state index contributed by atoms with van der Waals surface area (Å²) in [6, 6.07) is 5.35. The van der Waals surface area contributed by atoms with E-state index in [-0.39, 0.29) is 12.7 Å². The van der Waals surface area contributed by atoms with Gasteiger partial charge in [0.1, 0.15) is 9.71 Å². The maximum absolute atomic E-state index is 12.9. The molecule has 0 atom stereocenters. The molecule has 5 rings (SSSR count). The van der Waals surface area contributed by atoms with E-state index in [9.17, 15) is 4.79 Å². The van der Waals surface area contributed by atoms with Gasteiger partial charge in [0, 0.05) is 22.8 Å². The standard InChI is InChI=1S/C21H21N3O3S/c1-2-14-12-5-3-4-6-13(12)17-18(22)19(28-21(17)24-14)20(25)23-11-7-8-15-16(9-11)27-10-26-15/h7-9H,2-6,10,22H2,1H3,(H,23,25). The van der Waals surface area contributed by atoms with Crippen molar-refractivity contribution in [2.24, 2.45) is 0 Å². The molecule has 1 aliphatic carbocycles. The fourth-order valence-electron chi connectivity index (χ4n) is 4.11. The van der Waals surface area contributed by atoms with Crippen LogP contribution in [0.2, 0.25) is 0 Å². The fraction of sp³-hybridized carbons (Fsp3) is 0.333. The molecule has 1 aliphatic heterocycles. The number of pyridine rings is 1. The molecule has 3 N–H and O–H groups in total. The molecule has 0 saturated carbocycles. The van der Waals surface area contributed by atoms with Crippen molar-refractivity contribution in [2.75, 3.05) is 17.8 Å². The summed E-state index contributed by atoms with van der Waals surface area (Å²) in [6.07, 6.45) is 5.30. The Hall–Kier alpha value is -2.80. The number of nitrogens with one attached hydrogen (secondary N) is 1. The lowest BCUT2D eigenvalue weighted by Gasteiger charge is -2.19. The third kappa shape index (κ3) is 2.69. The number of amides is 1. The first-order valence-corrected chi connectivity index (χ1v) is 10.4. The third-order valence-electron chi connectivity index (χ3n) is 5.45. The first-order chi connectivity index (χ1) is 13.7. The lowest BCUT2D eigenvalue weighted by molar-refractivity contribution is 0.103. The number of nitrogen functional groups attached to an aromatic ring is 1. The number of nitrogens with two attached hydrogens (primary N) is 1. The maximum Gasteiger partial charge on any atom is 0.267 e. The molecule has 2 aromatic heterocycles. The Morgan fingerprint density at radius 2 is 2.00 bits per heavy atom. The van der Waals surface area contributed by atoms with Crippen LogP contribution >= 0.6 is 11.3 Å². The van der Waals surface area contributed by atoms with E-state index in [0.29, 0.717) is 27.8 Å². The summed E-state index contributed by atoms with van der Waals surface area (Å²) in [7, 11) is 0. The van der Waals surface area contributed by atoms with Gasteiger partial charge in [0.05, 0.1) is 5.69 Å². The average molecular weight is 395 g/mol. The number of carbonyl (C=O) groups excluding carboxylic acids is 1. The number of thiophene rings is 1. The smallest absolute Gasteiger partial charge is 0.267 e. The zero-order valence-corrected chi connectivity index (χ0v) is 16.4. The van der Waals surface area contributed by atoms with Crippen LogP contribution in [0.4, 0.5) is 11.4 Å². The van der Waals surface area contributed by atoms with Gasteiger partial charge in [-0.3, -0.25) is 4.79 Å². The van der Waals surface area contributed by atoms with Crippen molar-refractivity contribution in [2.45, 2.75) is 39.0 Å². The SMILES string of the molecule is CCc1nc2sc(C(=O)Nc3ccc4c(c3)OCO4)c(N)c2c2c1CCCC2. The minimum atomic E-state index is -0.220. The van der Waals surface area contributed by atoms with Crippen molar-refractivity contribution in [3.05, 3.63) is 39.9 Å². The molecule has 28 heavy (non-hydrogen) atoms. The van der Waals surface area contributed by atoms with Gasteiger partial charge in [-0.05, 0) is 55.4 Å². The summed E-state index contributed by atoms with van der Waals surface area (Å²) in [5.74, 6) is 1.09. The fourth-order valence-corrected chi connectivity index (χ4v) is 5.15. The number of carbonyl (C=O) groups is 1. The Kier molecular flexibility index (Phi) is 4.12. The second kappa shape index (κ2) is 6.67. The highest BCUT2D eigenvalue weighted by molar-refractivity contribution is 7.21. The number of nitrogens with zero attached hydrogens (tertiary/aromatic N) is 1. The molecule has 6 nitrogen and oxygen atoms in total. The molecule has 3 aromatic rings. The highest BCUT2D eigenvalue weighted by Crippen LogP contribution is 2.40. The van der Waals surface area contributed by atoms with Gasteiger partial charge in [-0.2, -0.15) is 0 Å². The Morgan fingerprint density at radius 1 is 1.21 bits per heavy atom. The molecule has 144 valence electrons. The molecule has 0 spiro atoms. The van der Waals surface area contributed by atoms with Gasteiger partial charge < -0.3 is 20.5 Å². The Balaban J connectivity index is 1.54. The first-order valence-electron chi connectivity index (χ1n) is 9.59. The molecule has 0 radical (unpaired) electrons. The second-order valence-electron chi connectivity index (χ2n) is 7.12. The van der Waals surface area contributed by atoms with Crippen LogP contribution < -0.4 is 20.5 Å². The summed E-state index contributed by atoms with van der Waals surface area (Å²) >= 11 is 1.37. The van der Waals surface area contributed by atoms with Crippen molar-refractivity contribution in [1.82, 2.24) is 4.98 Å². The molecule has 7 heteroatoms. The van der Waals surface area contributed by atoms with E-state index in [1.807, 2.05) is 0 Å². The van der Waals surface area contributed by atoms with E-state index in [0.717, 1.165) is 41.6 Å². The first kappa shape index (κ1) is 17.3. The van der Waals surface area contributed by atoms with Gasteiger partial charge in [-0.25, -0.2) is 4.98 Å². The van der Waals surface area contributed by atoms with Crippen molar-refractivity contribution in [3.8, 4) is 11.5 Å². The minimum absolute atomic E-state index is 0.201. The predicted molar refractivity (Wildman–Crippen MR) is 111 cm³/mol. The number of benzene rings is 1. The molecule has 1 amide bonds. The summed E-state index contributed by atoms with van der Waals surface area (Å²) < 4.78 is 10.7. The zero-order valence-electron chi connectivity index (χ0n) is 15.6. The van der Waals surface area contributed by atoms with E-state index >= 15 is 0 Å². The topological polar surface area (TPSA) is 86.5 Å². The van der Waals surface area contributed by atoms with E-state index in [1.165, 1.54) is 28.9 Å². The van der Waals surface area contributed by atoms with Gasteiger partial charge in [0.15, 0.2) is 11.5 Å². The number of hydrogen-bond acceptors (Lipinski definition) is 6. The van der Waals surface area contributed by atoms with E-state index < -0.39 is 0 Å². The number of aryl methyl sites for hydroxylation is 2. The summed E-state index contributed by atoms with van der Waals surface area (Å²) in [5, 5.41) is 3.91. The summed E-state index contributed by atoms with van der Waals surface area (Å²) in [5.41, 5.74) is 11.4. The molecule has 0 saturated heterocycles. The minimum Gasteiger partial charge on any atom is -0.454 e. The van der Waals surface area contributed by atoms with Crippen LogP contribution in [0, 0.1) is 0 Å². The van der Waals surface area contributed by atoms with E-state index in [2.05, 4.69) is 12.2 Å². The number of anilines is 2.